The number of hydrogen-bond donors (Lipinski definition) is 1. The van der Waals surface area contributed by atoms with Gasteiger partial charge in [-0.05, 0) is 35.8 Å². The van der Waals surface area contributed by atoms with E-state index in [1.165, 1.54) is 11.1 Å². The minimum absolute atomic E-state index is 0.0563. The Kier molecular flexibility index (Phi) is 7.46. The first-order chi connectivity index (χ1) is 12.6. The first-order valence-electron chi connectivity index (χ1n) is 9.87. The smallest absolute Gasteiger partial charge is 0.236 e. The van der Waals surface area contributed by atoms with Crippen LogP contribution in [-0.4, -0.2) is 50.4 Å². The normalized spacial score (nSPS) is 20.2. The zero-order chi connectivity index (χ0) is 20.2. The van der Waals surface area contributed by atoms with Crippen molar-refractivity contribution in [3.63, 3.8) is 0 Å². The molecule has 1 N–H and O–H groups in total. The van der Waals surface area contributed by atoms with Crippen molar-refractivity contribution in [2.45, 2.75) is 52.6 Å². The van der Waals surface area contributed by atoms with Crippen molar-refractivity contribution in [2.75, 3.05) is 25.1 Å². The number of benzene rings is 1. The molecule has 152 valence electrons. The Bertz CT molecular complexity index is 726. The Morgan fingerprint density at radius 3 is 2.30 bits per heavy atom. The summed E-state index contributed by atoms with van der Waals surface area (Å²) in [6, 6.07) is 8.52. The largest absolute Gasteiger partial charge is 0.341 e. The molecule has 0 saturated carbocycles. The van der Waals surface area contributed by atoms with Crippen molar-refractivity contribution in [3.8, 4) is 0 Å². The second-order valence-corrected chi connectivity index (χ2v) is 10.7. The summed E-state index contributed by atoms with van der Waals surface area (Å²) in [7, 11) is -1.28. The molecule has 0 bridgehead atoms. The van der Waals surface area contributed by atoms with Crippen LogP contribution in [0.15, 0.2) is 24.3 Å². The summed E-state index contributed by atoms with van der Waals surface area (Å²) in [6.45, 7) is 8.91. The van der Waals surface area contributed by atoms with Crippen LogP contribution in [0, 0.1) is 11.8 Å². The van der Waals surface area contributed by atoms with E-state index in [4.69, 9.17) is 0 Å². The quantitative estimate of drug-likeness (QED) is 0.736. The van der Waals surface area contributed by atoms with Crippen LogP contribution in [-0.2, 0) is 21.1 Å². The van der Waals surface area contributed by atoms with Crippen molar-refractivity contribution in [1.29, 1.82) is 0 Å². The molecule has 1 aromatic carbocycles. The van der Waals surface area contributed by atoms with Crippen LogP contribution in [0.2, 0.25) is 0 Å². The van der Waals surface area contributed by atoms with Gasteiger partial charge in [0.25, 0.3) is 0 Å². The Balaban J connectivity index is 1.97. The molecular formula is C21H34N2O3S. The van der Waals surface area contributed by atoms with Crippen LogP contribution in [0.3, 0.4) is 0 Å². The maximum absolute atomic E-state index is 12.5. The molecule has 6 heteroatoms. The number of amides is 1. The molecule has 1 aliphatic heterocycles. The first kappa shape index (κ1) is 21.9. The number of nitrogens with zero attached hydrogens (tertiary/aromatic N) is 1. The van der Waals surface area contributed by atoms with Crippen LogP contribution >= 0.6 is 0 Å². The molecule has 5 nitrogen and oxygen atoms in total. The van der Waals surface area contributed by atoms with Gasteiger partial charge in [-0.3, -0.25) is 4.79 Å². The van der Waals surface area contributed by atoms with Gasteiger partial charge >= 0.3 is 0 Å². The molecule has 0 aliphatic carbocycles. The van der Waals surface area contributed by atoms with E-state index in [1.807, 2.05) is 0 Å². The maximum Gasteiger partial charge on any atom is 0.236 e. The minimum Gasteiger partial charge on any atom is -0.341 e. The minimum atomic E-state index is -2.99. The standard InChI is InChI=1S/C21H34N2O3S/c1-15(2)12-17-6-8-18(9-7-17)21(16(3)4)22-13-20(24)23(5)19-10-11-27(25,26)14-19/h6-9,15-16,19,21-22H,10-14H2,1-5H3/t19-,21+/m1/s1. The molecular weight excluding hydrogens is 360 g/mol. The van der Waals surface area contributed by atoms with Gasteiger partial charge in [0.15, 0.2) is 9.84 Å². The molecule has 27 heavy (non-hydrogen) atoms. The average molecular weight is 395 g/mol. The van der Waals surface area contributed by atoms with E-state index in [9.17, 15) is 13.2 Å². The summed E-state index contributed by atoms with van der Waals surface area (Å²) in [6.07, 6.45) is 1.60. The summed E-state index contributed by atoms with van der Waals surface area (Å²) in [4.78, 5) is 14.1. The van der Waals surface area contributed by atoms with Gasteiger partial charge in [-0.25, -0.2) is 8.42 Å². The lowest BCUT2D eigenvalue weighted by Crippen LogP contribution is -2.43. The van der Waals surface area contributed by atoms with Crippen LogP contribution in [0.5, 0.6) is 0 Å². The van der Waals surface area contributed by atoms with Gasteiger partial charge in [0.05, 0.1) is 18.1 Å². The zero-order valence-electron chi connectivity index (χ0n) is 17.2. The van der Waals surface area contributed by atoms with E-state index in [0.717, 1.165) is 6.42 Å². The highest BCUT2D eigenvalue weighted by atomic mass is 32.2. The number of carbonyl (C=O) groups is 1. The van der Waals surface area contributed by atoms with Gasteiger partial charge in [-0.15, -0.1) is 0 Å². The molecule has 2 atom stereocenters. The van der Waals surface area contributed by atoms with Crippen LogP contribution < -0.4 is 5.32 Å². The van der Waals surface area contributed by atoms with Crippen LogP contribution in [0.4, 0.5) is 0 Å². The van der Waals surface area contributed by atoms with Crippen molar-refractivity contribution in [1.82, 2.24) is 10.2 Å². The lowest BCUT2D eigenvalue weighted by Gasteiger charge is -2.27. The molecule has 0 aromatic heterocycles. The number of rotatable bonds is 8. The predicted molar refractivity (Wildman–Crippen MR) is 110 cm³/mol. The highest BCUT2D eigenvalue weighted by Gasteiger charge is 2.32. The number of carbonyl (C=O) groups excluding carboxylic acids is 1. The van der Waals surface area contributed by atoms with Gasteiger partial charge in [0.1, 0.15) is 0 Å². The Morgan fingerprint density at radius 2 is 1.81 bits per heavy atom. The van der Waals surface area contributed by atoms with Crippen molar-refractivity contribution in [3.05, 3.63) is 35.4 Å². The molecule has 1 amide bonds. The SMILES string of the molecule is CC(C)Cc1ccc([C@@H](NCC(=O)N(C)[C@@H]2CCS(=O)(=O)C2)C(C)C)cc1. The van der Waals surface area contributed by atoms with Gasteiger partial charge < -0.3 is 10.2 Å². The summed E-state index contributed by atoms with van der Waals surface area (Å²) in [5.74, 6) is 1.17. The lowest BCUT2D eigenvalue weighted by atomic mass is 9.93. The third-order valence-corrected chi connectivity index (χ3v) is 7.02. The molecule has 1 heterocycles. The molecule has 1 saturated heterocycles. The summed E-state index contributed by atoms with van der Waals surface area (Å²) < 4.78 is 23.3. The van der Waals surface area contributed by atoms with Gasteiger partial charge in [-0.1, -0.05) is 52.0 Å². The van der Waals surface area contributed by atoms with Gasteiger partial charge in [0.2, 0.25) is 5.91 Å². The average Bonchev–Trinajstić information content (AvgIpc) is 2.94. The Morgan fingerprint density at radius 1 is 1.19 bits per heavy atom. The lowest BCUT2D eigenvalue weighted by molar-refractivity contribution is -0.130. The molecule has 0 unspecified atom stereocenters. The highest BCUT2D eigenvalue weighted by Crippen LogP contribution is 2.23. The fraction of sp³-hybridized carbons (Fsp3) is 0.667. The van der Waals surface area contributed by atoms with Crippen LogP contribution in [0.1, 0.15) is 51.3 Å². The van der Waals surface area contributed by atoms with Gasteiger partial charge in [-0.2, -0.15) is 0 Å². The van der Waals surface area contributed by atoms with E-state index in [0.29, 0.717) is 18.3 Å². The molecule has 1 aliphatic rings. The number of likely N-dealkylation sites (N-methyl/N-ethyl adjacent to an activating group) is 1. The topological polar surface area (TPSA) is 66.5 Å². The molecule has 1 aromatic rings. The molecule has 1 fully saturated rings. The monoisotopic (exact) mass is 394 g/mol. The van der Waals surface area contributed by atoms with Crippen molar-refractivity contribution >= 4 is 15.7 Å². The molecule has 2 rings (SSSR count). The second kappa shape index (κ2) is 9.20. The molecule has 0 spiro atoms. The van der Waals surface area contributed by atoms with Crippen molar-refractivity contribution < 1.29 is 13.2 Å². The van der Waals surface area contributed by atoms with E-state index in [-0.39, 0.29) is 36.0 Å². The summed E-state index contributed by atoms with van der Waals surface area (Å²) in [5, 5.41) is 3.38. The molecule has 0 radical (unpaired) electrons. The maximum atomic E-state index is 12.5. The summed E-state index contributed by atoms with van der Waals surface area (Å²) in [5.41, 5.74) is 2.51. The number of sulfone groups is 1. The Labute approximate surface area is 164 Å². The van der Waals surface area contributed by atoms with E-state index in [1.54, 1.807) is 11.9 Å². The van der Waals surface area contributed by atoms with E-state index < -0.39 is 9.84 Å². The Hall–Kier alpha value is -1.40. The number of hydrogen-bond acceptors (Lipinski definition) is 4. The van der Waals surface area contributed by atoms with Gasteiger partial charge in [0, 0.05) is 19.1 Å². The number of nitrogens with one attached hydrogen (secondary N) is 1. The second-order valence-electron chi connectivity index (χ2n) is 8.50. The van der Waals surface area contributed by atoms with E-state index >= 15 is 0 Å². The van der Waals surface area contributed by atoms with E-state index in [2.05, 4.69) is 57.3 Å². The summed E-state index contributed by atoms with van der Waals surface area (Å²) >= 11 is 0. The first-order valence-corrected chi connectivity index (χ1v) is 11.7. The van der Waals surface area contributed by atoms with Crippen LogP contribution in [0.25, 0.3) is 0 Å². The van der Waals surface area contributed by atoms with Crippen molar-refractivity contribution in [2.24, 2.45) is 11.8 Å². The highest BCUT2D eigenvalue weighted by molar-refractivity contribution is 7.91. The zero-order valence-corrected chi connectivity index (χ0v) is 18.1. The third kappa shape index (κ3) is 6.32. The third-order valence-electron chi connectivity index (χ3n) is 5.27. The fourth-order valence-corrected chi connectivity index (χ4v) is 5.45. The fourth-order valence-electron chi connectivity index (χ4n) is 3.68. The predicted octanol–water partition coefficient (Wildman–Crippen LogP) is 2.82.